The van der Waals surface area contributed by atoms with Crippen LogP contribution in [0.2, 0.25) is 0 Å². The number of nitrogens with zero attached hydrogens (tertiary/aromatic N) is 1. The normalized spacial score (nSPS) is 43.8. The third kappa shape index (κ3) is 0.678. The van der Waals surface area contributed by atoms with Crippen LogP contribution in [0, 0.1) is 11.3 Å². The van der Waals surface area contributed by atoms with Gasteiger partial charge in [-0.1, -0.05) is 6.92 Å². The van der Waals surface area contributed by atoms with E-state index >= 15 is 0 Å². The van der Waals surface area contributed by atoms with Gasteiger partial charge in [0.15, 0.2) is 5.90 Å². The average molecular weight is 139 g/mol. The molecule has 1 aliphatic heterocycles. The first-order valence-electron chi connectivity index (χ1n) is 3.84. The fourth-order valence-electron chi connectivity index (χ4n) is 1.81. The molecule has 0 aromatic carbocycles. The van der Waals surface area contributed by atoms with Crippen molar-refractivity contribution in [2.24, 2.45) is 16.3 Å². The Hall–Kier alpha value is -0.530. The second kappa shape index (κ2) is 1.74. The lowest BCUT2D eigenvalue weighted by Crippen LogP contribution is -2.17. The molecule has 0 aromatic rings. The maximum Gasteiger partial charge on any atom is 0.186 e. The van der Waals surface area contributed by atoms with Gasteiger partial charge in [-0.3, -0.25) is 4.99 Å². The fourth-order valence-corrected chi connectivity index (χ4v) is 1.81. The molecule has 0 N–H and O–H groups in total. The molecule has 2 atom stereocenters. The van der Waals surface area contributed by atoms with Gasteiger partial charge in [0.25, 0.3) is 0 Å². The van der Waals surface area contributed by atoms with Crippen LogP contribution < -0.4 is 0 Å². The van der Waals surface area contributed by atoms with Gasteiger partial charge >= 0.3 is 0 Å². The van der Waals surface area contributed by atoms with Crippen molar-refractivity contribution >= 4 is 5.90 Å². The second-order valence-electron chi connectivity index (χ2n) is 3.58. The van der Waals surface area contributed by atoms with E-state index in [1.807, 2.05) is 0 Å². The van der Waals surface area contributed by atoms with E-state index in [9.17, 15) is 0 Å². The zero-order valence-electron chi connectivity index (χ0n) is 6.55. The third-order valence-electron chi connectivity index (χ3n) is 2.81. The van der Waals surface area contributed by atoms with Gasteiger partial charge in [-0.15, -0.1) is 0 Å². The number of ether oxygens (including phenoxy) is 1. The minimum Gasteiger partial charge on any atom is -0.484 e. The number of aliphatic imine (C=N–C) groups is 1. The van der Waals surface area contributed by atoms with Crippen LogP contribution in [0.3, 0.4) is 0 Å². The molecule has 0 amide bonds. The van der Waals surface area contributed by atoms with E-state index < -0.39 is 0 Å². The van der Waals surface area contributed by atoms with Crippen molar-refractivity contribution in [2.45, 2.75) is 19.8 Å². The van der Waals surface area contributed by atoms with Crippen LogP contribution >= 0.6 is 0 Å². The molecule has 0 bridgehead atoms. The minimum absolute atomic E-state index is 0.563. The summed E-state index contributed by atoms with van der Waals surface area (Å²) in [4.78, 5) is 4.31. The van der Waals surface area contributed by atoms with Gasteiger partial charge in [-0.25, -0.2) is 0 Å². The summed E-state index contributed by atoms with van der Waals surface area (Å²) in [5, 5.41) is 0. The maximum absolute atomic E-state index is 5.16. The Morgan fingerprint density at radius 2 is 2.50 bits per heavy atom. The largest absolute Gasteiger partial charge is 0.484 e. The van der Waals surface area contributed by atoms with E-state index in [0.717, 1.165) is 12.4 Å². The fraction of sp³-hybridized carbons (Fsp3) is 0.875. The lowest BCUT2D eigenvalue weighted by Gasteiger charge is -2.15. The molecule has 1 fully saturated rings. The molecule has 0 radical (unpaired) electrons. The van der Waals surface area contributed by atoms with Crippen LogP contribution in [-0.4, -0.2) is 19.6 Å². The highest BCUT2D eigenvalue weighted by molar-refractivity contribution is 5.83. The summed E-state index contributed by atoms with van der Waals surface area (Å²) in [5.41, 5.74) is 0.563. The first-order valence-corrected chi connectivity index (χ1v) is 3.84. The van der Waals surface area contributed by atoms with Crippen LogP contribution in [0.15, 0.2) is 4.99 Å². The summed E-state index contributed by atoms with van der Waals surface area (Å²) < 4.78 is 5.16. The summed E-state index contributed by atoms with van der Waals surface area (Å²) in [6.07, 6.45) is 2.55. The summed E-state index contributed by atoms with van der Waals surface area (Å²) in [5.74, 6) is 1.65. The Kier molecular flexibility index (Phi) is 1.08. The quantitative estimate of drug-likeness (QED) is 0.498. The zero-order chi connectivity index (χ0) is 7.19. The molecular weight excluding hydrogens is 126 g/mol. The highest BCUT2D eigenvalue weighted by Crippen LogP contribution is 2.57. The Bertz CT molecular complexity index is 188. The first kappa shape index (κ1) is 6.20. The first-order chi connectivity index (χ1) is 4.76. The zero-order valence-corrected chi connectivity index (χ0v) is 6.55. The molecule has 0 aromatic heterocycles. The van der Waals surface area contributed by atoms with Gasteiger partial charge in [-0.05, 0) is 18.3 Å². The molecule has 2 heteroatoms. The summed E-state index contributed by atoms with van der Waals surface area (Å²) >= 11 is 0. The SMILES string of the molecule is COC1=NCCC2(C)CC12. The molecule has 2 unspecified atom stereocenters. The lowest BCUT2D eigenvalue weighted by molar-refractivity contribution is 0.354. The van der Waals surface area contributed by atoms with Crippen LogP contribution in [0.4, 0.5) is 0 Å². The molecule has 2 nitrogen and oxygen atoms in total. The average Bonchev–Trinajstić information content (AvgIpc) is 2.59. The molecular formula is C8H13NO. The predicted octanol–water partition coefficient (Wildman–Crippen LogP) is 1.46. The smallest absolute Gasteiger partial charge is 0.186 e. The second-order valence-corrected chi connectivity index (χ2v) is 3.58. The number of rotatable bonds is 0. The van der Waals surface area contributed by atoms with Gasteiger partial charge < -0.3 is 4.74 Å². The Morgan fingerprint density at radius 1 is 1.70 bits per heavy atom. The highest BCUT2D eigenvalue weighted by Gasteiger charge is 2.54. The van der Waals surface area contributed by atoms with Crippen LogP contribution in [0.25, 0.3) is 0 Å². The molecule has 10 heavy (non-hydrogen) atoms. The van der Waals surface area contributed by atoms with Crippen LogP contribution in [0.1, 0.15) is 19.8 Å². The molecule has 0 spiro atoms. The standard InChI is InChI=1S/C8H13NO/c1-8-3-4-9-7(10-2)6(8)5-8/h6H,3-5H2,1-2H3. The minimum atomic E-state index is 0.563. The number of methoxy groups -OCH3 is 1. The van der Waals surface area contributed by atoms with Gasteiger partial charge in [0.1, 0.15) is 0 Å². The molecule has 1 heterocycles. The molecule has 2 aliphatic rings. The summed E-state index contributed by atoms with van der Waals surface area (Å²) in [6, 6.07) is 0. The van der Waals surface area contributed by atoms with Crippen molar-refractivity contribution in [2.75, 3.05) is 13.7 Å². The van der Waals surface area contributed by atoms with Gasteiger partial charge in [0, 0.05) is 12.5 Å². The van der Waals surface area contributed by atoms with E-state index in [4.69, 9.17) is 4.74 Å². The molecule has 0 saturated heterocycles. The number of fused-ring (bicyclic) bond motifs is 1. The van der Waals surface area contributed by atoms with E-state index in [2.05, 4.69) is 11.9 Å². The summed E-state index contributed by atoms with van der Waals surface area (Å²) in [6.45, 7) is 3.29. The van der Waals surface area contributed by atoms with E-state index in [0.29, 0.717) is 11.3 Å². The monoisotopic (exact) mass is 139 g/mol. The van der Waals surface area contributed by atoms with Crippen molar-refractivity contribution < 1.29 is 4.74 Å². The molecule has 2 rings (SSSR count). The van der Waals surface area contributed by atoms with Crippen LogP contribution in [-0.2, 0) is 4.74 Å². The van der Waals surface area contributed by atoms with E-state index in [1.165, 1.54) is 12.8 Å². The Morgan fingerprint density at radius 3 is 3.10 bits per heavy atom. The van der Waals surface area contributed by atoms with Crippen molar-refractivity contribution in [1.82, 2.24) is 0 Å². The Balaban J connectivity index is 2.16. The van der Waals surface area contributed by atoms with Crippen molar-refractivity contribution in [3.05, 3.63) is 0 Å². The molecule has 1 saturated carbocycles. The van der Waals surface area contributed by atoms with Crippen molar-refractivity contribution in [3.63, 3.8) is 0 Å². The van der Waals surface area contributed by atoms with Gasteiger partial charge in [0.2, 0.25) is 0 Å². The topological polar surface area (TPSA) is 21.6 Å². The summed E-state index contributed by atoms with van der Waals surface area (Å²) in [7, 11) is 1.73. The van der Waals surface area contributed by atoms with Crippen molar-refractivity contribution in [3.8, 4) is 0 Å². The third-order valence-corrected chi connectivity index (χ3v) is 2.81. The van der Waals surface area contributed by atoms with E-state index in [-0.39, 0.29) is 0 Å². The highest BCUT2D eigenvalue weighted by atomic mass is 16.5. The van der Waals surface area contributed by atoms with Crippen LogP contribution in [0.5, 0.6) is 0 Å². The Labute approximate surface area is 61.3 Å². The number of hydrogen-bond donors (Lipinski definition) is 0. The number of hydrogen-bond acceptors (Lipinski definition) is 2. The van der Waals surface area contributed by atoms with Gasteiger partial charge in [-0.2, -0.15) is 0 Å². The molecule has 1 aliphatic carbocycles. The van der Waals surface area contributed by atoms with Crippen molar-refractivity contribution in [1.29, 1.82) is 0 Å². The predicted molar refractivity (Wildman–Crippen MR) is 40.1 cm³/mol. The van der Waals surface area contributed by atoms with E-state index in [1.54, 1.807) is 7.11 Å². The maximum atomic E-state index is 5.16. The molecule has 56 valence electrons. The lowest BCUT2D eigenvalue weighted by atomic mass is 10.0. The van der Waals surface area contributed by atoms with Gasteiger partial charge in [0.05, 0.1) is 7.11 Å².